The second-order valence-corrected chi connectivity index (χ2v) is 11.5. The zero-order chi connectivity index (χ0) is 29.7. The van der Waals surface area contributed by atoms with E-state index < -0.39 is 23.7 Å². The van der Waals surface area contributed by atoms with Gasteiger partial charge in [-0.05, 0) is 76.0 Å². The highest BCUT2D eigenvalue weighted by Gasteiger charge is 2.39. The molecule has 1 aromatic carbocycles. The Morgan fingerprint density at radius 1 is 1.10 bits per heavy atom. The van der Waals surface area contributed by atoms with E-state index in [1.807, 2.05) is 20.9 Å². The molecule has 1 saturated heterocycles. The number of nitrogens with zero attached hydrogens (tertiary/aromatic N) is 4. The second-order valence-electron chi connectivity index (χ2n) is 11.5. The van der Waals surface area contributed by atoms with Crippen molar-refractivity contribution in [3.8, 4) is 0 Å². The topological polar surface area (TPSA) is 102 Å². The Kier molecular flexibility index (Phi) is 9.72. The quantitative estimate of drug-likeness (QED) is 0.396. The first kappa shape index (κ1) is 30.5. The van der Waals surface area contributed by atoms with E-state index in [-0.39, 0.29) is 35.5 Å². The van der Waals surface area contributed by atoms with Crippen molar-refractivity contribution in [3.05, 3.63) is 41.6 Å². The molecule has 4 rings (SSSR count). The Bertz CT molecular complexity index is 1200. The molecule has 1 aliphatic heterocycles. The summed E-state index contributed by atoms with van der Waals surface area (Å²) < 4.78 is 41.5. The molecule has 2 atom stereocenters. The van der Waals surface area contributed by atoms with Crippen LogP contribution in [0.15, 0.2) is 30.5 Å². The SMILES string of the molecule is CC(C)CNC(=O)[C@H]1CCC[C@H]1Nc1nc(Nc2ccc(C(=O)N(C)C3CCN(C)CC3)cc2)ncc1C(F)(F)F. The minimum absolute atomic E-state index is 0.0261. The number of hydrogen-bond donors (Lipinski definition) is 3. The first-order valence-electron chi connectivity index (χ1n) is 14.2. The van der Waals surface area contributed by atoms with Crippen molar-refractivity contribution in [1.82, 2.24) is 25.1 Å². The highest BCUT2D eigenvalue weighted by Crippen LogP contribution is 2.37. The van der Waals surface area contributed by atoms with E-state index in [4.69, 9.17) is 0 Å². The van der Waals surface area contributed by atoms with E-state index >= 15 is 0 Å². The van der Waals surface area contributed by atoms with E-state index in [2.05, 4.69) is 37.9 Å². The summed E-state index contributed by atoms with van der Waals surface area (Å²) >= 11 is 0. The third-order valence-corrected chi connectivity index (χ3v) is 7.90. The van der Waals surface area contributed by atoms with Crippen LogP contribution in [0.25, 0.3) is 0 Å². The van der Waals surface area contributed by atoms with Crippen LogP contribution in [0.4, 0.5) is 30.6 Å². The standard InChI is InChI=1S/C29H40F3N7O2/c1-18(2)16-33-26(40)22-6-5-7-24(22)36-25-23(29(30,31)32)17-34-28(37-25)35-20-10-8-19(9-11-20)27(41)39(4)21-12-14-38(3)15-13-21/h8-11,17-18,21-22,24H,5-7,12-16H2,1-4H3,(H,33,40)(H2,34,35,36,37)/t22-,24+/m0/s1. The Morgan fingerprint density at radius 3 is 2.41 bits per heavy atom. The van der Waals surface area contributed by atoms with Crippen molar-refractivity contribution < 1.29 is 22.8 Å². The Labute approximate surface area is 239 Å². The molecule has 1 aromatic heterocycles. The summed E-state index contributed by atoms with van der Waals surface area (Å²) in [5.41, 5.74) is 0.0610. The lowest BCUT2D eigenvalue weighted by Crippen LogP contribution is -2.44. The number of amides is 2. The van der Waals surface area contributed by atoms with Crippen LogP contribution in [0.5, 0.6) is 0 Å². The molecule has 1 saturated carbocycles. The van der Waals surface area contributed by atoms with Crippen LogP contribution in [0.3, 0.4) is 0 Å². The number of nitrogens with one attached hydrogen (secondary N) is 3. The van der Waals surface area contributed by atoms with Gasteiger partial charge in [0, 0.05) is 43.1 Å². The molecule has 2 fully saturated rings. The van der Waals surface area contributed by atoms with E-state index in [0.29, 0.717) is 30.6 Å². The molecular formula is C29H40F3N7O2. The number of benzene rings is 1. The Hall–Kier alpha value is -3.41. The summed E-state index contributed by atoms with van der Waals surface area (Å²) in [6.45, 7) is 6.37. The first-order chi connectivity index (χ1) is 19.4. The predicted molar refractivity (Wildman–Crippen MR) is 152 cm³/mol. The van der Waals surface area contributed by atoms with Crippen molar-refractivity contribution in [3.63, 3.8) is 0 Å². The van der Waals surface area contributed by atoms with Gasteiger partial charge in [0.25, 0.3) is 5.91 Å². The van der Waals surface area contributed by atoms with Crippen molar-refractivity contribution in [2.45, 2.75) is 64.2 Å². The largest absolute Gasteiger partial charge is 0.421 e. The van der Waals surface area contributed by atoms with Crippen molar-refractivity contribution in [2.75, 3.05) is 44.4 Å². The van der Waals surface area contributed by atoms with Gasteiger partial charge in [-0.2, -0.15) is 18.2 Å². The lowest BCUT2D eigenvalue weighted by Gasteiger charge is -2.35. The van der Waals surface area contributed by atoms with Crippen LogP contribution in [0.1, 0.15) is 61.9 Å². The molecule has 41 heavy (non-hydrogen) atoms. The van der Waals surface area contributed by atoms with Crippen LogP contribution in [0, 0.1) is 11.8 Å². The number of piperidine rings is 1. The third kappa shape index (κ3) is 7.87. The van der Waals surface area contributed by atoms with Gasteiger partial charge in [-0.15, -0.1) is 0 Å². The van der Waals surface area contributed by atoms with Gasteiger partial charge in [0.2, 0.25) is 11.9 Å². The molecule has 0 radical (unpaired) electrons. The molecule has 1 aliphatic carbocycles. The molecule has 0 bridgehead atoms. The molecular weight excluding hydrogens is 535 g/mol. The summed E-state index contributed by atoms with van der Waals surface area (Å²) in [7, 11) is 3.89. The molecule has 0 unspecified atom stereocenters. The van der Waals surface area contributed by atoms with Gasteiger partial charge in [-0.25, -0.2) is 4.98 Å². The molecule has 3 N–H and O–H groups in total. The predicted octanol–water partition coefficient (Wildman–Crippen LogP) is 4.76. The molecule has 224 valence electrons. The monoisotopic (exact) mass is 575 g/mol. The summed E-state index contributed by atoms with van der Waals surface area (Å²) in [6, 6.07) is 6.42. The second kappa shape index (κ2) is 13.1. The fraction of sp³-hybridized carbons (Fsp3) is 0.586. The number of anilines is 3. The average molecular weight is 576 g/mol. The Morgan fingerprint density at radius 2 is 1.78 bits per heavy atom. The molecule has 2 heterocycles. The van der Waals surface area contributed by atoms with Crippen LogP contribution in [-0.4, -0.2) is 77.4 Å². The first-order valence-corrected chi connectivity index (χ1v) is 14.2. The van der Waals surface area contributed by atoms with Crippen molar-refractivity contribution in [2.24, 2.45) is 11.8 Å². The lowest BCUT2D eigenvalue weighted by atomic mass is 10.0. The highest BCUT2D eigenvalue weighted by atomic mass is 19.4. The van der Waals surface area contributed by atoms with Crippen LogP contribution in [-0.2, 0) is 11.0 Å². The summed E-state index contributed by atoms with van der Waals surface area (Å²) in [4.78, 5) is 37.8. The molecule has 0 spiro atoms. The number of hydrogen-bond acceptors (Lipinski definition) is 7. The van der Waals surface area contributed by atoms with Gasteiger partial charge >= 0.3 is 6.18 Å². The van der Waals surface area contributed by atoms with Crippen molar-refractivity contribution in [1.29, 1.82) is 0 Å². The zero-order valence-electron chi connectivity index (χ0n) is 24.1. The van der Waals surface area contributed by atoms with E-state index in [1.165, 1.54) is 0 Å². The number of rotatable bonds is 9. The van der Waals surface area contributed by atoms with Gasteiger partial charge < -0.3 is 25.8 Å². The molecule has 12 heteroatoms. The van der Waals surface area contributed by atoms with E-state index in [1.54, 1.807) is 29.2 Å². The summed E-state index contributed by atoms with van der Waals surface area (Å²) in [5.74, 6) is -0.806. The molecule has 2 amide bonds. The molecule has 9 nitrogen and oxygen atoms in total. The highest BCUT2D eigenvalue weighted by molar-refractivity contribution is 5.94. The fourth-order valence-corrected chi connectivity index (χ4v) is 5.39. The fourth-order valence-electron chi connectivity index (χ4n) is 5.39. The van der Waals surface area contributed by atoms with Gasteiger partial charge in [-0.3, -0.25) is 9.59 Å². The van der Waals surface area contributed by atoms with Gasteiger partial charge in [-0.1, -0.05) is 20.3 Å². The van der Waals surface area contributed by atoms with Crippen LogP contribution < -0.4 is 16.0 Å². The Balaban J connectivity index is 1.46. The van der Waals surface area contributed by atoms with E-state index in [0.717, 1.165) is 38.5 Å². The smallest absolute Gasteiger partial charge is 0.366 e. The number of halogens is 3. The summed E-state index contributed by atoms with van der Waals surface area (Å²) in [6.07, 6.45) is -0.199. The maximum Gasteiger partial charge on any atom is 0.421 e. The molecule has 2 aromatic rings. The number of alkyl halides is 3. The third-order valence-electron chi connectivity index (χ3n) is 7.90. The van der Waals surface area contributed by atoms with E-state index in [9.17, 15) is 22.8 Å². The minimum Gasteiger partial charge on any atom is -0.366 e. The maximum atomic E-state index is 13.8. The normalized spacial score (nSPS) is 20.2. The maximum absolute atomic E-state index is 13.8. The van der Waals surface area contributed by atoms with Crippen LogP contribution >= 0.6 is 0 Å². The lowest BCUT2D eigenvalue weighted by molar-refractivity contribution is -0.137. The average Bonchev–Trinajstić information content (AvgIpc) is 3.39. The minimum atomic E-state index is -4.67. The number of carbonyl (C=O) groups excluding carboxylic acids is 2. The number of carbonyl (C=O) groups is 2. The van der Waals surface area contributed by atoms with Gasteiger partial charge in [0.15, 0.2) is 0 Å². The summed E-state index contributed by atoms with van der Waals surface area (Å²) in [5, 5.41) is 8.74. The zero-order valence-corrected chi connectivity index (χ0v) is 24.1. The number of aromatic nitrogens is 2. The van der Waals surface area contributed by atoms with Gasteiger partial charge in [0.1, 0.15) is 11.4 Å². The van der Waals surface area contributed by atoms with Crippen LogP contribution in [0.2, 0.25) is 0 Å². The van der Waals surface area contributed by atoms with Gasteiger partial charge in [0.05, 0.1) is 5.92 Å². The molecule has 2 aliphatic rings. The van der Waals surface area contributed by atoms with Crippen molar-refractivity contribution >= 4 is 29.3 Å². The number of likely N-dealkylation sites (tertiary alicyclic amines) is 1.